The zero-order valence-corrected chi connectivity index (χ0v) is 12.3. The summed E-state index contributed by atoms with van der Waals surface area (Å²) < 4.78 is 0.813. The van der Waals surface area contributed by atoms with Crippen LogP contribution in [0, 0.1) is 13.8 Å². The first kappa shape index (κ1) is 13.6. The Labute approximate surface area is 120 Å². The second-order valence-corrected chi connectivity index (χ2v) is 5.26. The first-order valence-corrected chi connectivity index (χ1v) is 6.64. The molecule has 0 aromatic heterocycles. The summed E-state index contributed by atoms with van der Waals surface area (Å²) in [5.74, 6) is -0.311. The van der Waals surface area contributed by atoms with Gasteiger partial charge in [0.2, 0.25) is 0 Å². The summed E-state index contributed by atoms with van der Waals surface area (Å²) in [5, 5.41) is 12.7. The molecule has 0 unspecified atom stereocenters. The maximum absolute atomic E-state index is 12.1. The maximum atomic E-state index is 12.1. The number of anilines is 1. The SMILES string of the molecule is Cc1ccc(NC(=O)c2cccc(C)c2O)c(Br)c1. The van der Waals surface area contributed by atoms with Gasteiger partial charge in [-0.2, -0.15) is 0 Å². The van der Waals surface area contributed by atoms with Gasteiger partial charge in [0.05, 0.1) is 11.3 Å². The van der Waals surface area contributed by atoms with E-state index in [4.69, 9.17) is 0 Å². The van der Waals surface area contributed by atoms with Crippen LogP contribution in [0.3, 0.4) is 0 Å². The highest BCUT2D eigenvalue weighted by molar-refractivity contribution is 9.10. The lowest BCUT2D eigenvalue weighted by Gasteiger charge is -2.10. The first-order chi connectivity index (χ1) is 8.99. The van der Waals surface area contributed by atoms with Gasteiger partial charge in [0.15, 0.2) is 0 Å². The van der Waals surface area contributed by atoms with Crippen LogP contribution in [0.4, 0.5) is 5.69 Å². The number of hydrogen-bond donors (Lipinski definition) is 2. The lowest BCUT2D eigenvalue weighted by Crippen LogP contribution is -2.12. The van der Waals surface area contributed by atoms with Gasteiger partial charge in [-0.15, -0.1) is 0 Å². The highest BCUT2D eigenvalue weighted by Crippen LogP contribution is 2.26. The molecular formula is C15H14BrNO2. The van der Waals surface area contributed by atoms with Crippen molar-refractivity contribution in [1.82, 2.24) is 0 Å². The molecule has 0 radical (unpaired) electrons. The molecule has 2 aromatic rings. The molecule has 2 rings (SSSR count). The molecule has 0 aliphatic rings. The standard InChI is InChI=1S/C15H14BrNO2/c1-9-6-7-13(12(16)8-9)17-15(19)11-5-3-4-10(2)14(11)18/h3-8,18H,1-2H3,(H,17,19). The summed E-state index contributed by atoms with van der Waals surface area (Å²) in [4.78, 5) is 12.1. The minimum Gasteiger partial charge on any atom is -0.507 e. The molecule has 0 saturated carbocycles. The molecule has 0 saturated heterocycles. The quantitative estimate of drug-likeness (QED) is 0.878. The fourth-order valence-electron chi connectivity index (χ4n) is 1.75. The fraction of sp³-hybridized carbons (Fsp3) is 0.133. The van der Waals surface area contributed by atoms with Crippen molar-refractivity contribution in [1.29, 1.82) is 0 Å². The van der Waals surface area contributed by atoms with Crippen LogP contribution in [0.15, 0.2) is 40.9 Å². The first-order valence-electron chi connectivity index (χ1n) is 5.85. The zero-order valence-electron chi connectivity index (χ0n) is 10.7. The summed E-state index contributed by atoms with van der Waals surface area (Å²) >= 11 is 3.40. The average molecular weight is 320 g/mol. The molecule has 0 aliphatic carbocycles. The zero-order chi connectivity index (χ0) is 14.0. The molecule has 98 valence electrons. The normalized spacial score (nSPS) is 10.3. The summed E-state index contributed by atoms with van der Waals surface area (Å²) in [6.07, 6.45) is 0. The number of rotatable bonds is 2. The number of nitrogens with one attached hydrogen (secondary N) is 1. The van der Waals surface area contributed by atoms with Crippen LogP contribution in [0.5, 0.6) is 5.75 Å². The van der Waals surface area contributed by atoms with Crippen LogP contribution in [-0.2, 0) is 0 Å². The minimum atomic E-state index is -0.328. The van der Waals surface area contributed by atoms with Gasteiger partial charge in [-0.05, 0) is 59.1 Å². The largest absolute Gasteiger partial charge is 0.507 e. The Bertz CT molecular complexity index is 638. The van der Waals surface area contributed by atoms with Crippen LogP contribution in [-0.4, -0.2) is 11.0 Å². The molecule has 0 spiro atoms. The van der Waals surface area contributed by atoms with E-state index in [-0.39, 0.29) is 17.2 Å². The number of aromatic hydroxyl groups is 1. The molecule has 4 heteroatoms. The van der Waals surface area contributed by atoms with Crippen molar-refractivity contribution in [2.75, 3.05) is 5.32 Å². The third-order valence-electron chi connectivity index (χ3n) is 2.86. The Hall–Kier alpha value is -1.81. The molecule has 0 heterocycles. The second kappa shape index (κ2) is 5.45. The summed E-state index contributed by atoms with van der Waals surface area (Å²) in [6, 6.07) is 10.8. The molecule has 0 bridgehead atoms. The van der Waals surface area contributed by atoms with Crippen molar-refractivity contribution < 1.29 is 9.90 Å². The maximum Gasteiger partial charge on any atom is 0.259 e. The number of hydrogen-bond acceptors (Lipinski definition) is 2. The Morgan fingerprint density at radius 3 is 2.63 bits per heavy atom. The van der Waals surface area contributed by atoms with Gasteiger partial charge in [-0.25, -0.2) is 0 Å². The van der Waals surface area contributed by atoms with Crippen molar-refractivity contribution in [2.45, 2.75) is 13.8 Å². The lowest BCUT2D eigenvalue weighted by molar-refractivity contribution is 0.102. The van der Waals surface area contributed by atoms with Crippen LogP contribution in [0.25, 0.3) is 0 Å². The number of carbonyl (C=O) groups excluding carboxylic acids is 1. The van der Waals surface area contributed by atoms with E-state index in [1.165, 1.54) is 0 Å². The Kier molecular flexibility index (Phi) is 3.90. The van der Waals surface area contributed by atoms with E-state index < -0.39 is 0 Å². The fourth-order valence-corrected chi connectivity index (χ4v) is 2.35. The third-order valence-corrected chi connectivity index (χ3v) is 3.51. The van der Waals surface area contributed by atoms with E-state index in [0.717, 1.165) is 10.0 Å². The second-order valence-electron chi connectivity index (χ2n) is 4.41. The van der Waals surface area contributed by atoms with Gasteiger partial charge in [-0.1, -0.05) is 18.2 Å². The number of carbonyl (C=O) groups is 1. The van der Waals surface area contributed by atoms with Gasteiger partial charge in [0.25, 0.3) is 5.91 Å². The van der Waals surface area contributed by atoms with E-state index in [9.17, 15) is 9.90 Å². The monoisotopic (exact) mass is 319 g/mol. The number of phenolic OH excluding ortho intramolecular Hbond substituents is 1. The van der Waals surface area contributed by atoms with Crippen LogP contribution in [0.1, 0.15) is 21.5 Å². The lowest BCUT2D eigenvalue weighted by atomic mass is 10.1. The van der Waals surface area contributed by atoms with Gasteiger partial charge in [-0.3, -0.25) is 4.79 Å². The molecule has 0 aliphatic heterocycles. The van der Waals surface area contributed by atoms with Crippen molar-refractivity contribution >= 4 is 27.5 Å². The smallest absolute Gasteiger partial charge is 0.259 e. The molecule has 2 N–H and O–H groups in total. The van der Waals surface area contributed by atoms with Crippen LogP contribution < -0.4 is 5.32 Å². The number of para-hydroxylation sites is 1. The molecule has 1 amide bonds. The van der Waals surface area contributed by atoms with Gasteiger partial charge >= 0.3 is 0 Å². The predicted molar refractivity (Wildman–Crippen MR) is 79.7 cm³/mol. The topological polar surface area (TPSA) is 49.3 Å². The van der Waals surface area contributed by atoms with E-state index >= 15 is 0 Å². The highest BCUT2D eigenvalue weighted by atomic mass is 79.9. The number of benzene rings is 2. The van der Waals surface area contributed by atoms with Gasteiger partial charge in [0.1, 0.15) is 5.75 Å². The van der Waals surface area contributed by atoms with Gasteiger partial charge in [0, 0.05) is 4.47 Å². The number of phenols is 1. The van der Waals surface area contributed by atoms with Crippen LogP contribution in [0.2, 0.25) is 0 Å². The van der Waals surface area contributed by atoms with E-state index in [1.54, 1.807) is 25.1 Å². The van der Waals surface area contributed by atoms with Crippen molar-refractivity contribution in [3.05, 3.63) is 57.6 Å². The molecular weight excluding hydrogens is 306 g/mol. The molecule has 2 aromatic carbocycles. The van der Waals surface area contributed by atoms with E-state index in [2.05, 4.69) is 21.2 Å². The predicted octanol–water partition coefficient (Wildman–Crippen LogP) is 4.02. The Morgan fingerprint density at radius 1 is 1.21 bits per heavy atom. The Balaban J connectivity index is 2.28. The minimum absolute atomic E-state index is 0.0169. The highest BCUT2D eigenvalue weighted by Gasteiger charge is 2.13. The van der Waals surface area contributed by atoms with Crippen molar-refractivity contribution in [3.8, 4) is 5.75 Å². The van der Waals surface area contributed by atoms with Crippen molar-refractivity contribution in [2.24, 2.45) is 0 Å². The molecule has 0 fully saturated rings. The number of aryl methyl sites for hydroxylation is 2. The Morgan fingerprint density at radius 2 is 1.95 bits per heavy atom. The third kappa shape index (κ3) is 2.96. The molecule has 0 atom stereocenters. The van der Waals surface area contributed by atoms with E-state index in [1.807, 2.05) is 25.1 Å². The summed E-state index contributed by atoms with van der Waals surface area (Å²) in [5.41, 5.74) is 2.72. The number of amides is 1. The number of halogens is 1. The molecule has 19 heavy (non-hydrogen) atoms. The van der Waals surface area contributed by atoms with E-state index in [0.29, 0.717) is 11.3 Å². The van der Waals surface area contributed by atoms with Gasteiger partial charge < -0.3 is 10.4 Å². The van der Waals surface area contributed by atoms with Crippen LogP contribution >= 0.6 is 15.9 Å². The molecule has 3 nitrogen and oxygen atoms in total. The summed E-state index contributed by atoms with van der Waals surface area (Å²) in [7, 11) is 0. The average Bonchev–Trinajstić information content (AvgIpc) is 2.36. The summed E-state index contributed by atoms with van der Waals surface area (Å²) in [6.45, 7) is 3.73. The van der Waals surface area contributed by atoms with Crippen molar-refractivity contribution in [3.63, 3.8) is 0 Å².